The number of unbranched alkanes of at least 4 members (excludes halogenated alkanes) is 10. The lowest BCUT2D eigenvalue weighted by Gasteiger charge is -2.19. The quantitative estimate of drug-likeness (QED) is 0.161. The molecule has 0 spiro atoms. The minimum Gasteiger partial charge on any atom is -0.427 e. The molecule has 2 aromatic carbocycles. The van der Waals surface area contributed by atoms with Gasteiger partial charge in [-0.15, -0.1) is 0 Å². The third-order valence-electron chi connectivity index (χ3n) is 4.93. The molecule has 0 aliphatic rings. The molecule has 178 valence electrons. The van der Waals surface area contributed by atoms with Crippen molar-refractivity contribution < 1.29 is 22.8 Å². The highest BCUT2D eigenvalue weighted by atomic mass is 31.2. The maximum atomic E-state index is 10.2. The molecule has 0 amide bonds. The second kappa shape index (κ2) is 18.2. The van der Waals surface area contributed by atoms with Gasteiger partial charge in [-0.3, -0.25) is 0 Å². The molecule has 0 fully saturated rings. The van der Waals surface area contributed by atoms with Crippen molar-refractivity contribution in [2.75, 3.05) is 6.61 Å². The average molecular weight is 481 g/mol. The monoisotopic (exact) mass is 480 g/mol. The van der Waals surface area contributed by atoms with Crippen molar-refractivity contribution in [1.82, 2.24) is 0 Å². The van der Waals surface area contributed by atoms with Gasteiger partial charge in [0, 0.05) is 0 Å². The standard InChI is InChI=1S/C25H38O5P2/c1-2-3-4-5-6-7-8-9-10-11-18-23-27-32(29-25-21-16-13-17-22-25)30-31(26)28-24-19-14-12-15-20-24/h12-17,19-22,26H,2-11,18,23H2,1H3. The van der Waals surface area contributed by atoms with E-state index in [0.29, 0.717) is 18.1 Å². The van der Waals surface area contributed by atoms with Crippen molar-refractivity contribution >= 4 is 17.2 Å². The van der Waals surface area contributed by atoms with E-state index in [1.807, 2.05) is 48.5 Å². The topological polar surface area (TPSA) is 57.2 Å². The van der Waals surface area contributed by atoms with E-state index in [4.69, 9.17) is 17.9 Å². The van der Waals surface area contributed by atoms with Crippen molar-refractivity contribution in [1.29, 1.82) is 0 Å². The van der Waals surface area contributed by atoms with Crippen molar-refractivity contribution in [3.8, 4) is 11.5 Å². The molecule has 2 rings (SSSR count). The highest BCUT2D eigenvalue weighted by Crippen LogP contribution is 2.52. The van der Waals surface area contributed by atoms with Gasteiger partial charge in [0.25, 0.3) is 0 Å². The summed E-state index contributed by atoms with van der Waals surface area (Å²) >= 11 is 0. The number of benzene rings is 2. The first-order valence-corrected chi connectivity index (χ1v) is 14.1. The fourth-order valence-electron chi connectivity index (χ4n) is 3.18. The molecule has 2 atom stereocenters. The summed E-state index contributed by atoms with van der Waals surface area (Å²) in [7, 11) is -3.91. The van der Waals surface area contributed by atoms with Gasteiger partial charge in [-0.25, -0.2) is 4.31 Å². The Morgan fingerprint density at radius 2 is 1.09 bits per heavy atom. The molecule has 2 unspecified atom stereocenters. The van der Waals surface area contributed by atoms with Gasteiger partial charge in [0.2, 0.25) is 0 Å². The van der Waals surface area contributed by atoms with Gasteiger partial charge in [0.1, 0.15) is 11.5 Å². The number of hydrogen-bond donors (Lipinski definition) is 1. The Labute approximate surface area is 196 Å². The summed E-state index contributed by atoms with van der Waals surface area (Å²) < 4.78 is 22.7. The predicted molar refractivity (Wildman–Crippen MR) is 134 cm³/mol. The molecule has 0 radical (unpaired) electrons. The predicted octanol–water partition coefficient (Wildman–Crippen LogP) is 8.93. The third kappa shape index (κ3) is 13.4. The van der Waals surface area contributed by atoms with Gasteiger partial charge in [-0.05, 0) is 30.7 Å². The number of rotatable bonds is 19. The minimum atomic E-state index is -2.15. The molecule has 32 heavy (non-hydrogen) atoms. The summed E-state index contributed by atoms with van der Waals surface area (Å²) in [5, 5.41) is 0. The Kier molecular flexibility index (Phi) is 15.4. The first-order chi connectivity index (χ1) is 15.8. The van der Waals surface area contributed by atoms with E-state index in [0.717, 1.165) is 12.8 Å². The molecule has 0 saturated carbocycles. The maximum Gasteiger partial charge on any atom is 0.405 e. The van der Waals surface area contributed by atoms with Gasteiger partial charge in [-0.1, -0.05) is 108 Å². The Bertz CT molecular complexity index is 675. The Hall–Kier alpha value is -1.22. The van der Waals surface area contributed by atoms with Gasteiger partial charge in [-0.2, -0.15) is 0 Å². The van der Waals surface area contributed by atoms with E-state index in [1.54, 1.807) is 12.1 Å². The van der Waals surface area contributed by atoms with Gasteiger partial charge in [0.05, 0.1) is 6.61 Å². The molecule has 0 heterocycles. The Morgan fingerprint density at radius 3 is 1.62 bits per heavy atom. The molecule has 0 bridgehead atoms. The fourth-order valence-corrected chi connectivity index (χ4v) is 5.02. The van der Waals surface area contributed by atoms with Crippen molar-refractivity contribution in [2.45, 2.75) is 77.6 Å². The Balaban J connectivity index is 1.63. The van der Waals surface area contributed by atoms with Crippen molar-refractivity contribution in [3.63, 3.8) is 0 Å². The summed E-state index contributed by atoms with van der Waals surface area (Å²) in [5.74, 6) is 1.18. The smallest absolute Gasteiger partial charge is 0.405 e. The van der Waals surface area contributed by atoms with Crippen molar-refractivity contribution in [2.24, 2.45) is 0 Å². The van der Waals surface area contributed by atoms with Gasteiger partial charge < -0.3 is 18.5 Å². The largest absolute Gasteiger partial charge is 0.427 e. The third-order valence-corrected chi connectivity index (χ3v) is 7.14. The molecular formula is C25H38O5P2. The van der Waals surface area contributed by atoms with Crippen LogP contribution in [0.2, 0.25) is 0 Å². The number of hydrogen-bond acceptors (Lipinski definition) is 5. The average Bonchev–Trinajstić information content (AvgIpc) is 2.81. The van der Waals surface area contributed by atoms with Crippen LogP contribution in [0.15, 0.2) is 60.7 Å². The van der Waals surface area contributed by atoms with Crippen LogP contribution < -0.4 is 9.05 Å². The Morgan fingerprint density at radius 1 is 0.625 bits per heavy atom. The van der Waals surface area contributed by atoms with Crippen LogP contribution in [0.1, 0.15) is 77.6 Å². The lowest BCUT2D eigenvalue weighted by atomic mass is 10.1. The highest BCUT2D eigenvalue weighted by molar-refractivity contribution is 7.55. The summed E-state index contributed by atoms with van der Waals surface area (Å²) in [6, 6.07) is 18.4. The zero-order valence-electron chi connectivity index (χ0n) is 19.2. The number of para-hydroxylation sites is 2. The van der Waals surface area contributed by atoms with Crippen LogP contribution in [0.5, 0.6) is 11.5 Å². The molecule has 0 aliphatic heterocycles. The molecule has 5 nitrogen and oxygen atoms in total. The summed E-state index contributed by atoms with van der Waals surface area (Å²) in [4.78, 5) is 10.2. The lowest BCUT2D eigenvalue weighted by Crippen LogP contribution is -1.99. The normalized spacial score (nSPS) is 12.9. The fraction of sp³-hybridized carbons (Fsp3) is 0.520. The molecule has 2 aromatic rings. The summed E-state index contributed by atoms with van der Waals surface area (Å²) in [6.07, 6.45) is 14.1. The zero-order valence-corrected chi connectivity index (χ0v) is 21.0. The van der Waals surface area contributed by atoms with E-state index in [1.165, 1.54) is 57.8 Å². The van der Waals surface area contributed by atoms with E-state index in [9.17, 15) is 4.89 Å². The highest BCUT2D eigenvalue weighted by Gasteiger charge is 2.23. The summed E-state index contributed by atoms with van der Waals surface area (Å²) in [5.41, 5.74) is 0. The molecule has 0 aliphatic carbocycles. The SMILES string of the molecule is CCCCCCCCCCCCCOP(Oc1ccccc1)OP(O)Oc1ccccc1. The van der Waals surface area contributed by atoms with Crippen LogP contribution in [0.4, 0.5) is 0 Å². The van der Waals surface area contributed by atoms with E-state index >= 15 is 0 Å². The molecule has 0 saturated heterocycles. The van der Waals surface area contributed by atoms with Gasteiger partial charge in [0.15, 0.2) is 0 Å². The lowest BCUT2D eigenvalue weighted by molar-refractivity contribution is 0.248. The molecule has 7 heteroatoms. The van der Waals surface area contributed by atoms with Crippen LogP contribution >= 0.6 is 17.2 Å². The minimum absolute atomic E-state index is 0.532. The van der Waals surface area contributed by atoms with Crippen LogP contribution in [0.25, 0.3) is 0 Å². The first kappa shape index (κ1) is 27.0. The zero-order chi connectivity index (χ0) is 22.7. The second-order valence-electron chi connectivity index (χ2n) is 7.72. The van der Waals surface area contributed by atoms with Crippen LogP contribution in [0.3, 0.4) is 0 Å². The second-order valence-corrected chi connectivity index (χ2v) is 9.92. The molecular weight excluding hydrogens is 442 g/mol. The van der Waals surface area contributed by atoms with E-state index in [2.05, 4.69) is 6.92 Å². The molecule has 1 N–H and O–H groups in total. The maximum absolute atomic E-state index is 10.2. The van der Waals surface area contributed by atoms with Crippen LogP contribution in [0, 0.1) is 0 Å². The van der Waals surface area contributed by atoms with E-state index < -0.39 is 17.2 Å². The van der Waals surface area contributed by atoms with E-state index in [-0.39, 0.29) is 0 Å². The van der Waals surface area contributed by atoms with Crippen LogP contribution in [-0.2, 0) is 8.83 Å². The summed E-state index contributed by atoms with van der Waals surface area (Å²) in [6.45, 7) is 2.79. The molecule has 0 aromatic heterocycles. The van der Waals surface area contributed by atoms with Crippen LogP contribution in [-0.4, -0.2) is 11.5 Å². The van der Waals surface area contributed by atoms with Crippen molar-refractivity contribution in [3.05, 3.63) is 60.7 Å². The van der Waals surface area contributed by atoms with Gasteiger partial charge >= 0.3 is 17.2 Å². The first-order valence-electron chi connectivity index (χ1n) is 11.8.